The lowest BCUT2D eigenvalue weighted by Gasteiger charge is -2.54. The van der Waals surface area contributed by atoms with Gasteiger partial charge in [-0.2, -0.15) is 0 Å². The van der Waals surface area contributed by atoms with Crippen LogP contribution in [0.15, 0.2) is 54.7 Å². The largest absolute Gasteiger partial charge is 0.347 e. The van der Waals surface area contributed by atoms with Gasteiger partial charge in [0.25, 0.3) is 0 Å². The molecular formula is C31H29F2N3O2. The highest BCUT2D eigenvalue weighted by atomic mass is 19.1. The fraction of sp³-hybridized carbons (Fsp3) is 0.387. The van der Waals surface area contributed by atoms with Crippen LogP contribution in [-0.2, 0) is 21.3 Å². The zero-order chi connectivity index (χ0) is 26.1. The molecule has 0 N–H and O–H groups in total. The molecule has 2 fully saturated rings. The van der Waals surface area contributed by atoms with Crippen LogP contribution in [0.5, 0.6) is 0 Å². The topological polar surface area (TPSA) is 57.1 Å². The van der Waals surface area contributed by atoms with Gasteiger partial charge in [-0.15, -0.1) is 0 Å². The molecule has 1 aliphatic heterocycles. The molecular weight excluding hydrogens is 484 g/mol. The van der Waals surface area contributed by atoms with Crippen LogP contribution in [0.3, 0.4) is 0 Å². The van der Waals surface area contributed by atoms with E-state index in [1.165, 1.54) is 12.1 Å². The Hall–Kier alpha value is -3.29. The lowest BCUT2D eigenvalue weighted by atomic mass is 9.54. The van der Waals surface area contributed by atoms with Crippen molar-refractivity contribution in [2.24, 2.45) is 11.8 Å². The third-order valence-electron chi connectivity index (χ3n) is 9.21. The first-order chi connectivity index (χ1) is 18.4. The van der Waals surface area contributed by atoms with Crippen molar-refractivity contribution in [2.75, 3.05) is 13.2 Å². The van der Waals surface area contributed by atoms with Crippen LogP contribution in [-0.4, -0.2) is 34.0 Å². The maximum absolute atomic E-state index is 15.2. The zero-order valence-electron chi connectivity index (χ0n) is 21.5. The van der Waals surface area contributed by atoms with Gasteiger partial charge in [0, 0.05) is 52.1 Å². The van der Waals surface area contributed by atoms with Gasteiger partial charge in [-0.1, -0.05) is 32.0 Å². The van der Waals surface area contributed by atoms with Crippen LogP contribution in [0.25, 0.3) is 33.5 Å². The molecule has 7 rings (SSSR count). The van der Waals surface area contributed by atoms with Gasteiger partial charge >= 0.3 is 0 Å². The summed E-state index contributed by atoms with van der Waals surface area (Å²) in [5, 5.41) is 0.932. The average Bonchev–Trinajstić information content (AvgIpc) is 3.41. The molecule has 3 heterocycles. The highest BCUT2D eigenvalue weighted by Crippen LogP contribution is 2.57. The Kier molecular flexibility index (Phi) is 5.39. The van der Waals surface area contributed by atoms with Gasteiger partial charge in [-0.25, -0.2) is 18.7 Å². The molecule has 2 aromatic heterocycles. The predicted octanol–water partition coefficient (Wildman–Crippen LogP) is 6.63. The number of fused-ring (bicyclic) bond motifs is 4. The molecule has 0 radical (unpaired) electrons. The fourth-order valence-electron chi connectivity index (χ4n) is 7.25. The minimum atomic E-state index is -0.618. The quantitative estimate of drug-likeness (QED) is 0.301. The summed E-state index contributed by atoms with van der Waals surface area (Å²) in [5.74, 6) is -0.765. The SMILES string of the molecule is C[C@@H]1[C@H]2CCc3c(-c4ccc(F)cc4F)nc(-c4ccnc5ccccc45)nc3[C@]2(C)CCC12OCCO2. The number of nitrogens with zero attached hydrogens (tertiary/aromatic N) is 3. The number of hydrogen-bond acceptors (Lipinski definition) is 5. The summed E-state index contributed by atoms with van der Waals surface area (Å²) >= 11 is 0. The molecule has 194 valence electrons. The van der Waals surface area contributed by atoms with Crippen molar-refractivity contribution in [3.63, 3.8) is 0 Å². The van der Waals surface area contributed by atoms with Crippen molar-refractivity contribution >= 4 is 10.9 Å². The molecule has 4 aromatic rings. The summed E-state index contributed by atoms with van der Waals surface area (Å²) in [6.45, 7) is 5.76. The first-order valence-electron chi connectivity index (χ1n) is 13.4. The summed E-state index contributed by atoms with van der Waals surface area (Å²) in [4.78, 5) is 14.7. The Morgan fingerprint density at radius 1 is 0.947 bits per heavy atom. The molecule has 1 spiro atoms. The van der Waals surface area contributed by atoms with Crippen molar-refractivity contribution in [1.82, 2.24) is 15.0 Å². The van der Waals surface area contributed by atoms with E-state index in [-0.39, 0.29) is 17.3 Å². The van der Waals surface area contributed by atoms with Gasteiger partial charge in [-0.3, -0.25) is 4.98 Å². The first-order valence-corrected chi connectivity index (χ1v) is 13.4. The third-order valence-corrected chi connectivity index (χ3v) is 9.21. The third kappa shape index (κ3) is 3.45. The Labute approximate surface area is 220 Å². The number of aromatic nitrogens is 3. The Morgan fingerprint density at radius 2 is 1.76 bits per heavy atom. The summed E-state index contributed by atoms with van der Waals surface area (Å²) < 4.78 is 41.5. The van der Waals surface area contributed by atoms with Gasteiger partial charge in [-0.05, 0) is 49.4 Å². The van der Waals surface area contributed by atoms with Crippen molar-refractivity contribution < 1.29 is 18.3 Å². The summed E-state index contributed by atoms with van der Waals surface area (Å²) in [5.41, 5.74) is 4.17. The van der Waals surface area contributed by atoms with E-state index in [1.807, 2.05) is 30.3 Å². The second-order valence-electron chi connectivity index (χ2n) is 11.1. The molecule has 0 amide bonds. The number of halogens is 2. The molecule has 1 saturated heterocycles. The lowest BCUT2D eigenvalue weighted by Crippen LogP contribution is -2.55. The highest BCUT2D eigenvalue weighted by Gasteiger charge is 2.57. The van der Waals surface area contributed by atoms with E-state index in [0.29, 0.717) is 36.7 Å². The molecule has 5 nitrogen and oxygen atoms in total. The normalized spacial score (nSPS) is 25.9. The molecule has 3 atom stereocenters. The first kappa shape index (κ1) is 23.8. The van der Waals surface area contributed by atoms with Crippen LogP contribution in [0.1, 0.15) is 44.4 Å². The Morgan fingerprint density at radius 3 is 2.58 bits per heavy atom. The fourth-order valence-corrected chi connectivity index (χ4v) is 7.25. The van der Waals surface area contributed by atoms with Crippen molar-refractivity contribution in [3.8, 4) is 22.6 Å². The van der Waals surface area contributed by atoms with Crippen LogP contribution in [0, 0.1) is 23.5 Å². The average molecular weight is 514 g/mol. The number of pyridine rings is 1. The van der Waals surface area contributed by atoms with Gasteiger partial charge in [0.15, 0.2) is 11.6 Å². The number of ether oxygens (including phenoxy) is 2. The summed E-state index contributed by atoms with van der Waals surface area (Å²) in [6.07, 6.45) is 4.98. The highest BCUT2D eigenvalue weighted by molar-refractivity contribution is 5.92. The molecule has 38 heavy (non-hydrogen) atoms. The van der Waals surface area contributed by atoms with Gasteiger partial charge in [0.1, 0.15) is 11.6 Å². The molecule has 2 aromatic carbocycles. The van der Waals surface area contributed by atoms with Crippen LogP contribution in [0.4, 0.5) is 8.78 Å². The lowest BCUT2D eigenvalue weighted by molar-refractivity contribution is -0.234. The standard InChI is InChI=1S/C31H29F2N3O2/c1-18-24-10-9-23-27(22-8-7-19(32)17-25(22)33)35-29(21-11-14-34-26-6-4-3-5-20(21)26)36-28(23)30(24,2)12-13-31(18)37-15-16-38-31/h3-8,11,14,17-18,24H,9-10,12-13,15-16H2,1-2H3/t18-,24-,30-/m1/s1. The van der Waals surface area contributed by atoms with E-state index in [1.54, 1.807) is 6.20 Å². The number of para-hydroxylation sites is 1. The Balaban J connectivity index is 1.46. The maximum atomic E-state index is 15.2. The van der Waals surface area contributed by atoms with Crippen molar-refractivity contribution in [1.29, 1.82) is 0 Å². The monoisotopic (exact) mass is 513 g/mol. The van der Waals surface area contributed by atoms with E-state index < -0.39 is 17.4 Å². The molecule has 3 aliphatic rings. The minimum Gasteiger partial charge on any atom is -0.347 e. The predicted molar refractivity (Wildman–Crippen MR) is 140 cm³/mol. The number of hydrogen-bond donors (Lipinski definition) is 0. The minimum absolute atomic E-state index is 0.183. The second kappa shape index (κ2) is 8.61. The molecule has 2 aliphatic carbocycles. The summed E-state index contributed by atoms with van der Waals surface area (Å²) in [6, 6.07) is 13.5. The second-order valence-corrected chi connectivity index (χ2v) is 11.1. The maximum Gasteiger partial charge on any atom is 0.171 e. The molecule has 0 unspecified atom stereocenters. The number of rotatable bonds is 2. The van der Waals surface area contributed by atoms with Gasteiger partial charge < -0.3 is 9.47 Å². The Bertz CT molecular complexity index is 1560. The number of benzene rings is 2. The summed E-state index contributed by atoms with van der Waals surface area (Å²) in [7, 11) is 0. The molecule has 1 saturated carbocycles. The molecule has 0 bridgehead atoms. The van der Waals surface area contributed by atoms with E-state index in [2.05, 4.69) is 18.8 Å². The van der Waals surface area contributed by atoms with Crippen LogP contribution < -0.4 is 0 Å². The van der Waals surface area contributed by atoms with Gasteiger partial charge in [0.05, 0.1) is 30.1 Å². The van der Waals surface area contributed by atoms with E-state index >= 15 is 4.39 Å². The zero-order valence-corrected chi connectivity index (χ0v) is 21.5. The van der Waals surface area contributed by atoms with Crippen LogP contribution >= 0.6 is 0 Å². The van der Waals surface area contributed by atoms with E-state index in [0.717, 1.165) is 53.1 Å². The van der Waals surface area contributed by atoms with Crippen LogP contribution in [0.2, 0.25) is 0 Å². The van der Waals surface area contributed by atoms with Gasteiger partial charge in [0.2, 0.25) is 0 Å². The smallest absolute Gasteiger partial charge is 0.171 e. The van der Waals surface area contributed by atoms with E-state index in [9.17, 15) is 4.39 Å². The molecule has 7 heteroatoms. The van der Waals surface area contributed by atoms with Crippen molar-refractivity contribution in [2.45, 2.75) is 50.7 Å². The van der Waals surface area contributed by atoms with E-state index in [4.69, 9.17) is 19.4 Å². The van der Waals surface area contributed by atoms with Crippen molar-refractivity contribution in [3.05, 3.63) is 77.6 Å².